The van der Waals surface area contributed by atoms with Gasteiger partial charge < -0.3 is 15.5 Å². The van der Waals surface area contributed by atoms with Gasteiger partial charge >= 0.3 is 6.03 Å². The number of aromatic nitrogens is 1. The summed E-state index contributed by atoms with van der Waals surface area (Å²) in [6, 6.07) is 9.11. The van der Waals surface area contributed by atoms with Crippen LogP contribution in [-0.2, 0) is 17.6 Å². The van der Waals surface area contributed by atoms with Crippen molar-refractivity contribution in [1.82, 2.24) is 24.6 Å². The molecule has 1 aliphatic carbocycles. The molecule has 6 rings (SSSR count). The van der Waals surface area contributed by atoms with Crippen molar-refractivity contribution in [3.8, 4) is 0 Å². The van der Waals surface area contributed by atoms with Crippen molar-refractivity contribution in [1.29, 1.82) is 0 Å². The minimum absolute atomic E-state index is 0.0145. The Morgan fingerprint density at radius 3 is 2.36 bits per heavy atom. The van der Waals surface area contributed by atoms with Crippen molar-refractivity contribution in [2.24, 2.45) is 17.1 Å². The number of carbonyl (C=O) groups is 2. The van der Waals surface area contributed by atoms with Crippen LogP contribution in [0.25, 0.3) is 0 Å². The van der Waals surface area contributed by atoms with Crippen LogP contribution in [0.1, 0.15) is 81.3 Å². The molecular weight excluding hydrogens is 652 g/mol. The van der Waals surface area contributed by atoms with Crippen molar-refractivity contribution < 1.29 is 9.59 Å². The maximum Gasteiger partial charge on any atom is 0.314 e. The van der Waals surface area contributed by atoms with E-state index in [9.17, 15) is 9.59 Å². The Morgan fingerprint density at radius 1 is 0.956 bits per heavy atom. The molecule has 3 fully saturated rings. The SMILES string of the molecule is CC(C)(C)C1CN(C2CCN(C3c4ccc(Cl)cc4CCc4cc(Br)cnc43)CC2)CCN1C(=O)CC1CCN(C(N)=O)CC1. The van der Waals surface area contributed by atoms with Crippen molar-refractivity contribution in [2.75, 3.05) is 45.8 Å². The zero-order valence-electron chi connectivity index (χ0n) is 27.0. The zero-order chi connectivity index (χ0) is 31.9. The molecule has 4 aliphatic rings. The molecule has 1 aromatic carbocycles. The van der Waals surface area contributed by atoms with Crippen molar-refractivity contribution in [2.45, 2.75) is 83.8 Å². The number of aryl methyl sites for hydroxylation is 2. The second kappa shape index (κ2) is 13.5. The largest absolute Gasteiger partial charge is 0.351 e. The predicted molar refractivity (Wildman–Crippen MR) is 182 cm³/mol. The fraction of sp³-hybridized carbons (Fsp3) is 0.629. The van der Waals surface area contributed by atoms with Gasteiger partial charge in [0.2, 0.25) is 5.91 Å². The number of nitrogens with zero attached hydrogens (tertiary/aromatic N) is 5. The van der Waals surface area contributed by atoms with E-state index in [1.807, 2.05) is 12.3 Å². The topological polar surface area (TPSA) is 86.0 Å². The molecule has 0 radical (unpaired) electrons. The van der Waals surface area contributed by atoms with Gasteiger partial charge in [-0.15, -0.1) is 0 Å². The maximum atomic E-state index is 13.7. The van der Waals surface area contributed by atoms with Crippen LogP contribution >= 0.6 is 27.5 Å². The Kier molecular flexibility index (Phi) is 9.82. The number of hydrogen-bond donors (Lipinski definition) is 1. The van der Waals surface area contributed by atoms with Crippen LogP contribution in [0.2, 0.25) is 5.02 Å². The third-order valence-corrected chi connectivity index (χ3v) is 11.5. The fourth-order valence-electron chi connectivity index (χ4n) is 8.19. The zero-order valence-corrected chi connectivity index (χ0v) is 29.3. The van der Waals surface area contributed by atoms with Crippen LogP contribution in [0.4, 0.5) is 4.79 Å². The molecule has 2 unspecified atom stereocenters. The smallest absolute Gasteiger partial charge is 0.314 e. The first-order chi connectivity index (χ1) is 21.5. The van der Waals surface area contributed by atoms with Gasteiger partial charge in [-0.25, -0.2) is 4.79 Å². The molecule has 0 saturated carbocycles. The molecule has 10 heteroatoms. The normalized spacial score (nSPS) is 24.2. The number of carbonyl (C=O) groups excluding carboxylic acids is 2. The lowest BCUT2D eigenvalue weighted by atomic mass is 9.82. The van der Waals surface area contributed by atoms with Gasteiger partial charge in [-0.3, -0.25) is 19.6 Å². The summed E-state index contributed by atoms with van der Waals surface area (Å²) in [5.74, 6) is 0.591. The highest BCUT2D eigenvalue weighted by atomic mass is 79.9. The molecule has 45 heavy (non-hydrogen) atoms. The third-order valence-electron chi connectivity index (χ3n) is 10.8. The van der Waals surface area contributed by atoms with Gasteiger partial charge in [0.15, 0.2) is 0 Å². The molecule has 3 saturated heterocycles. The average molecular weight is 700 g/mol. The number of urea groups is 1. The lowest BCUT2D eigenvalue weighted by Crippen LogP contribution is -2.62. The first-order valence-corrected chi connectivity index (χ1v) is 17.9. The number of fused-ring (bicyclic) bond motifs is 2. The number of piperazine rings is 1. The predicted octanol–water partition coefficient (Wildman–Crippen LogP) is 5.89. The molecule has 2 atom stereocenters. The van der Waals surface area contributed by atoms with Gasteiger partial charge in [0.05, 0.1) is 11.7 Å². The van der Waals surface area contributed by atoms with Crippen LogP contribution in [-0.4, -0.2) is 94.4 Å². The summed E-state index contributed by atoms with van der Waals surface area (Å²) in [7, 11) is 0. The molecule has 1 aromatic heterocycles. The van der Waals surface area contributed by atoms with Crippen LogP contribution in [0.5, 0.6) is 0 Å². The first-order valence-electron chi connectivity index (χ1n) is 16.7. The number of pyridine rings is 1. The molecule has 2 N–H and O–H groups in total. The van der Waals surface area contributed by atoms with Gasteiger partial charge in [-0.2, -0.15) is 0 Å². The van der Waals surface area contributed by atoms with E-state index in [0.29, 0.717) is 31.5 Å². The number of likely N-dealkylation sites (tertiary alicyclic amines) is 2. The molecule has 8 nitrogen and oxygen atoms in total. The number of rotatable bonds is 4. The minimum Gasteiger partial charge on any atom is -0.351 e. The quantitative estimate of drug-likeness (QED) is 0.431. The van der Waals surface area contributed by atoms with Crippen LogP contribution in [0.3, 0.4) is 0 Å². The Balaban J connectivity index is 1.12. The Labute approximate surface area is 281 Å². The number of hydrogen-bond acceptors (Lipinski definition) is 5. The van der Waals surface area contributed by atoms with E-state index in [1.54, 1.807) is 4.90 Å². The third kappa shape index (κ3) is 7.21. The van der Waals surface area contributed by atoms with E-state index >= 15 is 0 Å². The lowest BCUT2D eigenvalue weighted by molar-refractivity contribution is -0.142. The molecule has 244 valence electrons. The van der Waals surface area contributed by atoms with Crippen molar-refractivity contribution >= 4 is 39.5 Å². The number of amides is 3. The highest BCUT2D eigenvalue weighted by Gasteiger charge is 2.41. The summed E-state index contributed by atoms with van der Waals surface area (Å²) < 4.78 is 1.03. The molecule has 0 bridgehead atoms. The summed E-state index contributed by atoms with van der Waals surface area (Å²) in [5.41, 5.74) is 10.6. The second-order valence-electron chi connectivity index (χ2n) is 14.6. The number of nitrogens with two attached hydrogens (primary N) is 1. The summed E-state index contributed by atoms with van der Waals surface area (Å²) in [5, 5.41) is 0.797. The second-order valence-corrected chi connectivity index (χ2v) is 16.0. The van der Waals surface area contributed by atoms with Gasteiger partial charge in [0.1, 0.15) is 0 Å². The molecule has 4 heterocycles. The first kappa shape index (κ1) is 32.7. The van der Waals surface area contributed by atoms with E-state index < -0.39 is 0 Å². The summed E-state index contributed by atoms with van der Waals surface area (Å²) >= 11 is 10.1. The number of piperidine rings is 2. The van der Waals surface area contributed by atoms with Gasteiger partial charge in [-0.05, 0) is 101 Å². The molecular formula is C35H48BrClN6O2. The lowest BCUT2D eigenvalue weighted by Gasteiger charge is -2.51. The molecule has 0 spiro atoms. The van der Waals surface area contributed by atoms with E-state index in [-0.39, 0.29) is 29.4 Å². The molecule has 3 aliphatic heterocycles. The Bertz CT molecular complexity index is 1350. The maximum absolute atomic E-state index is 13.7. The standard InChI is InChI=1S/C35H48BrClN6O2/c1-35(2,3)30-22-42(16-17-43(30)31(44)18-23-8-12-41(13-9-23)34(38)45)28-10-14-40(15-11-28)33-29-7-6-27(37)20-24(29)4-5-25-19-26(36)21-39-32(25)33/h6-7,19-21,23,28,30,33H,4-5,8-18,22H2,1-3H3,(H2,38,45). The highest BCUT2D eigenvalue weighted by molar-refractivity contribution is 9.10. The Morgan fingerprint density at radius 2 is 1.67 bits per heavy atom. The number of primary amides is 1. The van der Waals surface area contributed by atoms with E-state index in [1.165, 1.54) is 22.4 Å². The van der Waals surface area contributed by atoms with Crippen LogP contribution in [0.15, 0.2) is 34.9 Å². The summed E-state index contributed by atoms with van der Waals surface area (Å²) in [6.45, 7) is 12.8. The van der Waals surface area contributed by atoms with E-state index in [0.717, 1.165) is 80.7 Å². The van der Waals surface area contributed by atoms with E-state index in [4.69, 9.17) is 22.3 Å². The summed E-state index contributed by atoms with van der Waals surface area (Å²) in [6.07, 6.45) is 8.35. The number of halogens is 2. The molecule has 2 aromatic rings. The van der Waals surface area contributed by atoms with Crippen molar-refractivity contribution in [3.05, 3.63) is 62.3 Å². The summed E-state index contributed by atoms with van der Waals surface area (Å²) in [4.78, 5) is 39.4. The number of benzene rings is 1. The monoisotopic (exact) mass is 698 g/mol. The van der Waals surface area contributed by atoms with Crippen LogP contribution in [0, 0.1) is 11.3 Å². The average Bonchev–Trinajstić information content (AvgIpc) is 3.17. The molecule has 3 amide bonds. The van der Waals surface area contributed by atoms with Crippen molar-refractivity contribution in [3.63, 3.8) is 0 Å². The van der Waals surface area contributed by atoms with E-state index in [2.05, 4.69) is 69.6 Å². The Hall–Kier alpha value is -2.20. The minimum atomic E-state index is -0.353. The van der Waals surface area contributed by atoms with Gasteiger partial charge in [-0.1, -0.05) is 38.4 Å². The highest BCUT2D eigenvalue weighted by Crippen LogP contribution is 2.40. The van der Waals surface area contributed by atoms with Crippen LogP contribution < -0.4 is 5.73 Å². The van der Waals surface area contributed by atoms with Gasteiger partial charge in [0.25, 0.3) is 0 Å². The fourth-order valence-corrected chi connectivity index (χ4v) is 8.76. The van der Waals surface area contributed by atoms with Gasteiger partial charge in [0, 0.05) is 80.0 Å².